The molecule has 0 radical (unpaired) electrons. The van der Waals surface area contributed by atoms with Crippen molar-refractivity contribution >= 4 is 0 Å². The van der Waals surface area contributed by atoms with Gasteiger partial charge >= 0.3 is 0 Å². The van der Waals surface area contributed by atoms with Crippen molar-refractivity contribution in [1.29, 1.82) is 0 Å². The molecule has 80 valence electrons. The summed E-state index contributed by atoms with van der Waals surface area (Å²) in [5.74, 6) is 1.73. The van der Waals surface area contributed by atoms with Crippen molar-refractivity contribution in [1.82, 2.24) is 10.6 Å². The van der Waals surface area contributed by atoms with E-state index in [1.807, 2.05) is 19.2 Å². The summed E-state index contributed by atoms with van der Waals surface area (Å²) in [7, 11) is 1.99. The molecule has 3 heteroatoms. The molecule has 1 unspecified atom stereocenters. The molecule has 0 bridgehead atoms. The van der Waals surface area contributed by atoms with E-state index in [-0.39, 0.29) is 0 Å². The Labute approximate surface area is 85.9 Å². The zero-order valence-electron chi connectivity index (χ0n) is 9.05. The highest BCUT2D eigenvalue weighted by molar-refractivity contribution is 4.98. The lowest BCUT2D eigenvalue weighted by molar-refractivity contribution is 0.468. The summed E-state index contributed by atoms with van der Waals surface area (Å²) < 4.78 is 5.24. The largest absolute Gasteiger partial charge is 0.469 e. The lowest BCUT2D eigenvalue weighted by Crippen LogP contribution is -2.29. The Morgan fingerprint density at radius 1 is 1.43 bits per heavy atom. The second-order valence-electron chi connectivity index (χ2n) is 3.70. The molecule has 0 aliphatic rings. The maximum Gasteiger partial charge on any atom is 0.105 e. The van der Waals surface area contributed by atoms with E-state index in [1.165, 1.54) is 0 Å². The van der Waals surface area contributed by atoms with E-state index in [2.05, 4.69) is 17.6 Å². The molecule has 3 nitrogen and oxygen atoms in total. The Balaban J connectivity index is 1.99. The molecule has 0 saturated carbocycles. The number of hydrogen-bond acceptors (Lipinski definition) is 3. The monoisotopic (exact) mass is 196 g/mol. The van der Waals surface area contributed by atoms with Gasteiger partial charge in [0.05, 0.1) is 6.26 Å². The van der Waals surface area contributed by atoms with Gasteiger partial charge in [-0.05, 0) is 38.2 Å². The molecule has 0 aliphatic heterocycles. The van der Waals surface area contributed by atoms with Gasteiger partial charge in [-0.3, -0.25) is 0 Å². The molecule has 0 aromatic carbocycles. The van der Waals surface area contributed by atoms with Crippen LogP contribution in [0.15, 0.2) is 22.8 Å². The molecule has 0 aliphatic carbocycles. The van der Waals surface area contributed by atoms with E-state index in [0.29, 0.717) is 5.92 Å². The van der Waals surface area contributed by atoms with Crippen LogP contribution in [-0.4, -0.2) is 26.7 Å². The van der Waals surface area contributed by atoms with Gasteiger partial charge in [0.15, 0.2) is 0 Å². The third-order valence-corrected chi connectivity index (χ3v) is 2.17. The highest BCUT2D eigenvalue weighted by atomic mass is 16.3. The minimum Gasteiger partial charge on any atom is -0.469 e. The average Bonchev–Trinajstić information content (AvgIpc) is 2.65. The van der Waals surface area contributed by atoms with Gasteiger partial charge in [-0.1, -0.05) is 6.92 Å². The fourth-order valence-corrected chi connectivity index (χ4v) is 1.44. The van der Waals surface area contributed by atoms with Crippen molar-refractivity contribution in [3.63, 3.8) is 0 Å². The van der Waals surface area contributed by atoms with Crippen LogP contribution in [0.4, 0.5) is 0 Å². The van der Waals surface area contributed by atoms with Crippen LogP contribution in [-0.2, 0) is 6.42 Å². The molecule has 2 N–H and O–H groups in total. The molecule has 14 heavy (non-hydrogen) atoms. The predicted molar refractivity (Wildman–Crippen MR) is 58.4 cm³/mol. The first-order valence-electron chi connectivity index (χ1n) is 5.20. The fourth-order valence-electron chi connectivity index (χ4n) is 1.44. The molecular weight excluding hydrogens is 176 g/mol. The van der Waals surface area contributed by atoms with Gasteiger partial charge in [0.1, 0.15) is 5.76 Å². The standard InChI is InChI=1S/C11H20N2O/c1-10(8-12-2)9-13-6-5-11-4-3-7-14-11/h3-4,7,10,12-13H,5-6,8-9H2,1-2H3. The first-order chi connectivity index (χ1) is 6.83. The maximum atomic E-state index is 5.24. The average molecular weight is 196 g/mol. The Bertz CT molecular complexity index is 221. The van der Waals surface area contributed by atoms with Crippen molar-refractivity contribution in [2.24, 2.45) is 5.92 Å². The van der Waals surface area contributed by atoms with Crippen LogP contribution in [0.5, 0.6) is 0 Å². The first-order valence-corrected chi connectivity index (χ1v) is 5.20. The summed E-state index contributed by atoms with van der Waals surface area (Å²) in [5.41, 5.74) is 0. The summed E-state index contributed by atoms with van der Waals surface area (Å²) >= 11 is 0. The molecule has 1 heterocycles. The highest BCUT2D eigenvalue weighted by Gasteiger charge is 1.99. The second-order valence-corrected chi connectivity index (χ2v) is 3.70. The highest BCUT2D eigenvalue weighted by Crippen LogP contribution is 1.99. The van der Waals surface area contributed by atoms with E-state index in [0.717, 1.165) is 31.8 Å². The first kappa shape index (κ1) is 11.3. The van der Waals surface area contributed by atoms with Crippen LogP contribution in [0.2, 0.25) is 0 Å². The smallest absolute Gasteiger partial charge is 0.105 e. The number of rotatable bonds is 7. The molecule has 0 saturated heterocycles. The van der Waals surface area contributed by atoms with Crippen LogP contribution >= 0.6 is 0 Å². The number of nitrogens with one attached hydrogen (secondary N) is 2. The molecule has 1 atom stereocenters. The van der Waals surface area contributed by atoms with Crippen molar-refractivity contribution in [3.05, 3.63) is 24.2 Å². The van der Waals surface area contributed by atoms with E-state index in [4.69, 9.17) is 4.42 Å². The van der Waals surface area contributed by atoms with Crippen molar-refractivity contribution < 1.29 is 4.42 Å². The van der Waals surface area contributed by atoms with Crippen LogP contribution < -0.4 is 10.6 Å². The van der Waals surface area contributed by atoms with Crippen molar-refractivity contribution in [3.8, 4) is 0 Å². The van der Waals surface area contributed by atoms with Crippen LogP contribution in [0.3, 0.4) is 0 Å². The third kappa shape index (κ3) is 4.44. The summed E-state index contributed by atoms with van der Waals surface area (Å²) in [6.07, 6.45) is 2.69. The molecule has 0 fully saturated rings. The normalized spacial score (nSPS) is 13.0. The minimum absolute atomic E-state index is 0.677. The van der Waals surface area contributed by atoms with E-state index >= 15 is 0 Å². The van der Waals surface area contributed by atoms with Gasteiger partial charge in [0, 0.05) is 13.0 Å². The zero-order valence-corrected chi connectivity index (χ0v) is 9.05. The Hall–Kier alpha value is -0.800. The SMILES string of the molecule is CNCC(C)CNCCc1ccco1. The van der Waals surface area contributed by atoms with Crippen LogP contribution in [0.1, 0.15) is 12.7 Å². The number of furan rings is 1. The van der Waals surface area contributed by atoms with Crippen molar-refractivity contribution in [2.45, 2.75) is 13.3 Å². The molecule has 1 aromatic rings. The maximum absolute atomic E-state index is 5.24. The zero-order chi connectivity index (χ0) is 10.2. The van der Waals surface area contributed by atoms with Gasteiger partial charge < -0.3 is 15.1 Å². The fraction of sp³-hybridized carbons (Fsp3) is 0.636. The topological polar surface area (TPSA) is 37.2 Å². The Kier molecular flexibility index (Phi) is 5.33. The summed E-state index contributed by atoms with van der Waals surface area (Å²) in [6.45, 7) is 5.34. The van der Waals surface area contributed by atoms with Gasteiger partial charge in [-0.25, -0.2) is 0 Å². The number of hydrogen-bond donors (Lipinski definition) is 2. The summed E-state index contributed by atoms with van der Waals surface area (Å²) in [4.78, 5) is 0. The predicted octanol–water partition coefficient (Wildman–Crippen LogP) is 1.27. The molecule has 1 aromatic heterocycles. The molecule has 0 amide bonds. The van der Waals surface area contributed by atoms with Gasteiger partial charge in [0.25, 0.3) is 0 Å². The Morgan fingerprint density at radius 3 is 2.93 bits per heavy atom. The summed E-state index contributed by atoms with van der Waals surface area (Å²) in [6, 6.07) is 3.94. The van der Waals surface area contributed by atoms with E-state index in [9.17, 15) is 0 Å². The van der Waals surface area contributed by atoms with Crippen LogP contribution in [0.25, 0.3) is 0 Å². The van der Waals surface area contributed by atoms with E-state index in [1.54, 1.807) is 6.26 Å². The Morgan fingerprint density at radius 2 is 2.29 bits per heavy atom. The second kappa shape index (κ2) is 6.62. The third-order valence-electron chi connectivity index (χ3n) is 2.17. The minimum atomic E-state index is 0.677. The van der Waals surface area contributed by atoms with Crippen molar-refractivity contribution in [2.75, 3.05) is 26.7 Å². The molecule has 1 rings (SSSR count). The van der Waals surface area contributed by atoms with Crippen LogP contribution in [0, 0.1) is 5.92 Å². The molecular formula is C11H20N2O. The van der Waals surface area contributed by atoms with E-state index < -0.39 is 0 Å². The van der Waals surface area contributed by atoms with Gasteiger partial charge in [0.2, 0.25) is 0 Å². The lowest BCUT2D eigenvalue weighted by Gasteiger charge is -2.11. The molecule has 0 spiro atoms. The van der Waals surface area contributed by atoms with Gasteiger partial charge in [-0.15, -0.1) is 0 Å². The lowest BCUT2D eigenvalue weighted by atomic mass is 10.2. The van der Waals surface area contributed by atoms with Gasteiger partial charge in [-0.2, -0.15) is 0 Å². The quantitative estimate of drug-likeness (QED) is 0.645. The summed E-state index contributed by atoms with van der Waals surface area (Å²) in [5, 5.41) is 6.57.